The number of sulfonamides is 1. The Hall–Kier alpha value is -1.96. The second-order valence-corrected chi connectivity index (χ2v) is 4.89. The minimum atomic E-state index is -3.82. The second kappa shape index (κ2) is 4.71. The highest BCUT2D eigenvalue weighted by Crippen LogP contribution is 2.16. The van der Waals surface area contributed by atoms with Crippen molar-refractivity contribution in [1.29, 1.82) is 10.5 Å². The lowest BCUT2D eigenvalue weighted by Gasteiger charge is -2.13. The number of rotatable bonds is 3. The van der Waals surface area contributed by atoms with Crippen molar-refractivity contribution in [2.45, 2.75) is 4.90 Å². The maximum Gasteiger partial charge on any atom is 0.246 e. The number of pyridine rings is 1. The van der Waals surface area contributed by atoms with Crippen molar-refractivity contribution >= 4 is 10.0 Å². The Morgan fingerprint density at radius 1 is 1.50 bits per heavy atom. The molecule has 1 aromatic rings. The van der Waals surface area contributed by atoms with Gasteiger partial charge in [-0.25, -0.2) is 13.4 Å². The quantitative estimate of drug-likeness (QED) is 0.693. The lowest BCUT2D eigenvalue weighted by molar-refractivity contribution is 0.501. The van der Waals surface area contributed by atoms with E-state index < -0.39 is 10.0 Å². The van der Waals surface area contributed by atoms with E-state index in [9.17, 15) is 8.42 Å². The van der Waals surface area contributed by atoms with Crippen LogP contribution in [0.25, 0.3) is 0 Å². The lowest BCUT2D eigenvalue weighted by Crippen LogP contribution is -2.28. The molecule has 82 valence electrons. The summed E-state index contributed by atoms with van der Waals surface area (Å²) in [5, 5.41) is 17.2. The van der Waals surface area contributed by atoms with Crippen LogP contribution >= 0.6 is 0 Å². The van der Waals surface area contributed by atoms with E-state index in [1.54, 1.807) is 12.1 Å². The lowest BCUT2D eigenvalue weighted by atomic mass is 10.4. The van der Waals surface area contributed by atoms with Crippen LogP contribution in [0.1, 0.15) is 5.69 Å². The van der Waals surface area contributed by atoms with Crippen LogP contribution in [0.3, 0.4) is 0 Å². The van der Waals surface area contributed by atoms with E-state index in [4.69, 9.17) is 10.5 Å². The van der Waals surface area contributed by atoms with Crippen LogP contribution < -0.4 is 0 Å². The normalized spacial score (nSPS) is 10.8. The van der Waals surface area contributed by atoms with E-state index in [0.717, 1.165) is 4.31 Å². The number of nitrogens with zero attached hydrogens (tertiary/aromatic N) is 4. The van der Waals surface area contributed by atoms with Crippen LogP contribution in [-0.4, -0.2) is 31.3 Å². The summed E-state index contributed by atoms with van der Waals surface area (Å²) >= 11 is 0. The van der Waals surface area contributed by atoms with E-state index in [-0.39, 0.29) is 17.1 Å². The molecule has 0 saturated heterocycles. The zero-order chi connectivity index (χ0) is 12.2. The van der Waals surface area contributed by atoms with Gasteiger partial charge in [0.1, 0.15) is 17.5 Å². The largest absolute Gasteiger partial charge is 0.246 e. The summed E-state index contributed by atoms with van der Waals surface area (Å²) in [7, 11) is -2.55. The topological polar surface area (TPSA) is 97.8 Å². The SMILES string of the molecule is CN(CC#N)S(=O)(=O)c1cccnc1C#N. The molecule has 0 unspecified atom stereocenters. The zero-order valence-corrected chi connectivity index (χ0v) is 9.27. The molecule has 0 amide bonds. The Bertz CT molecular complexity index is 568. The van der Waals surface area contributed by atoms with Crippen molar-refractivity contribution < 1.29 is 8.42 Å². The van der Waals surface area contributed by atoms with Gasteiger partial charge in [-0.1, -0.05) is 0 Å². The predicted octanol–water partition coefficient (Wildman–Crippen LogP) is 0.0974. The predicted molar refractivity (Wildman–Crippen MR) is 54.4 cm³/mol. The first-order valence-electron chi connectivity index (χ1n) is 4.22. The van der Waals surface area contributed by atoms with Crippen molar-refractivity contribution in [2.75, 3.05) is 13.6 Å². The maximum absolute atomic E-state index is 11.9. The van der Waals surface area contributed by atoms with E-state index in [0.29, 0.717) is 0 Å². The molecule has 1 heterocycles. The summed E-state index contributed by atoms with van der Waals surface area (Å²) < 4.78 is 24.6. The first kappa shape index (κ1) is 12.1. The highest BCUT2D eigenvalue weighted by atomic mass is 32.2. The van der Waals surface area contributed by atoms with Gasteiger partial charge in [0.05, 0.1) is 6.07 Å². The molecule has 0 radical (unpaired) electrons. The molecule has 1 aromatic heterocycles. The van der Waals surface area contributed by atoms with Gasteiger partial charge in [0.25, 0.3) is 0 Å². The van der Waals surface area contributed by atoms with Gasteiger partial charge in [0.2, 0.25) is 10.0 Å². The highest BCUT2D eigenvalue weighted by molar-refractivity contribution is 7.89. The fourth-order valence-corrected chi connectivity index (χ4v) is 2.19. The summed E-state index contributed by atoms with van der Waals surface area (Å²) in [6, 6.07) is 6.13. The third-order valence-corrected chi connectivity index (χ3v) is 3.69. The summed E-state index contributed by atoms with van der Waals surface area (Å²) in [6.07, 6.45) is 1.34. The molecule has 0 aliphatic carbocycles. The van der Waals surface area contributed by atoms with Crippen molar-refractivity contribution in [3.8, 4) is 12.1 Å². The van der Waals surface area contributed by atoms with E-state index in [2.05, 4.69) is 4.98 Å². The molecule has 1 rings (SSSR count). The minimum Gasteiger partial charge on any atom is -0.244 e. The molecule has 7 heteroatoms. The smallest absolute Gasteiger partial charge is 0.244 e. The Morgan fingerprint density at radius 3 is 2.75 bits per heavy atom. The molecule has 0 aromatic carbocycles. The van der Waals surface area contributed by atoms with Crippen LogP contribution in [0, 0.1) is 22.7 Å². The Labute approximate surface area is 93.4 Å². The minimum absolute atomic E-state index is 0.174. The monoisotopic (exact) mass is 236 g/mol. The maximum atomic E-state index is 11.9. The Kier molecular flexibility index (Phi) is 3.56. The Balaban J connectivity index is 3.30. The van der Waals surface area contributed by atoms with Gasteiger partial charge in [0.15, 0.2) is 5.69 Å². The number of aromatic nitrogens is 1. The van der Waals surface area contributed by atoms with Crippen LogP contribution in [0.2, 0.25) is 0 Å². The van der Waals surface area contributed by atoms with E-state index >= 15 is 0 Å². The second-order valence-electron chi connectivity index (χ2n) is 2.88. The average Bonchev–Trinajstić information content (AvgIpc) is 2.29. The van der Waals surface area contributed by atoms with Gasteiger partial charge in [-0.05, 0) is 12.1 Å². The van der Waals surface area contributed by atoms with Crippen molar-refractivity contribution in [1.82, 2.24) is 9.29 Å². The third-order valence-electron chi connectivity index (χ3n) is 1.86. The first-order valence-corrected chi connectivity index (χ1v) is 5.66. The fraction of sp³-hybridized carbons (Fsp3) is 0.222. The fourth-order valence-electron chi connectivity index (χ4n) is 1.04. The van der Waals surface area contributed by atoms with Crippen molar-refractivity contribution in [3.05, 3.63) is 24.0 Å². The van der Waals surface area contributed by atoms with Crippen LogP contribution in [-0.2, 0) is 10.0 Å². The van der Waals surface area contributed by atoms with E-state index in [1.165, 1.54) is 25.4 Å². The molecule has 0 aliphatic rings. The molecular weight excluding hydrogens is 228 g/mol. The molecular formula is C9H8N4O2S. The molecule has 0 aliphatic heterocycles. The summed E-state index contributed by atoms with van der Waals surface area (Å²) in [5.41, 5.74) is -0.174. The van der Waals surface area contributed by atoms with Gasteiger partial charge >= 0.3 is 0 Å². The number of hydrogen-bond acceptors (Lipinski definition) is 5. The summed E-state index contributed by atoms with van der Waals surface area (Å²) in [4.78, 5) is 3.47. The van der Waals surface area contributed by atoms with Gasteiger partial charge in [-0.15, -0.1) is 0 Å². The molecule has 0 spiro atoms. The molecule has 16 heavy (non-hydrogen) atoms. The number of hydrogen-bond donors (Lipinski definition) is 0. The first-order chi connectivity index (χ1) is 7.54. The highest BCUT2D eigenvalue weighted by Gasteiger charge is 2.24. The van der Waals surface area contributed by atoms with Crippen LogP contribution in [0.5, 0.6) is 0 Å². The standard InChI is InChI=1S/C9H8N4O2S/c1-13(6-4-10)16(14,15)9-3-2-5-12-8(9)7-11/h2-3,5H,6H2,1H3. The van der Waals surface area contributed by atoms with Gasteiger partial charge in [-0.3, -0.25) is 0 Å². The van der Waals surface area contributed by atoms with Crippen LogP contribution in [0.15, 0.2) is 23.2 Å². The van der Waals surface area contributed by atoms with Crippen molar-refractivity contribution in [3.63, 3.8) is 0 Å². The third kappa shape index (κ3) is 2.16. The molecule has 0 atom stereocenters. The van der Waals surface area contributed by atoms with Gasteiger partial charge < -0.3 is 0 Å². The molecule has 0 N–H and O–H groups in total. The zero-order valence-electron chi connectivity index (χ0n) is 8.45. The molecule has 0 saturated carbocycles. The molecule has 6 nitrogen and oxygen atoms in total. The number of nitriles is 2. The summed E-state index contributed by atoms with van der Waals surface area (Å²) in [5.74, 6) is 0. The van der Waals surface area contributed by atoms with E-state index in [1.807, 2.05) is 0 Å². The average molecular weight is 236 g/mol. The molecule has 0 fully saturated rings. The Morgan fingerprint density at radius 2 is 2.19 bits per heavy atom. The van der Waals surface area contributed by atoms with Gasteiger partial charge in [-0.2, -0.15) is 14.8 Å². The summed E-state index contributed by atoms with van der Waals surface area (Å²) in [6.45, 7) is -0.276. The molecule has 0 bridgehead atoms. The van der Waals surface area contributed by atoms with Crippen molar-refractivity contribution in [2.24, 2.45) is 0 Å². The van der Waals surface area contributed by atoms with Crippen LogP contribution in [0.4, 0.5) is 0 Å². The van der Waals surface area contributed by atoms with Gasteiger partial charge in [0, 0.05) is 13.2 Å².